The second-order valence-corrected chi connectivity index (χ2v) is 19.0. The van der Waals surface area contributed by atoms with Crippen LogP contribution in [0.4, 0.5) is 39.5 Å². The van der Waals surface area contributed by atoms with Crippen molar-refractivity contribution in [2.45, 2.75) is 103 Å². The van der Waals surface area contributed by atoms with Gasteiger partial charge in [0.15, 0.2) is 17.5 Å². The third-order valence-corrected chi connectivity index (χ3v) is 12.7. The van der Waals surface area contributed by atoms with Gasteiger partial charge in [-0.3, -0.25) is 0 Å². The van der Waals surface area contributed by atoms with Crippen molar-refractivity contribution < 1.29 is 48.7 Å². The number of hydrogen-bond acceptors (Lipinski definition) is 2. The summed E-state index contributed by atoms with van der Waals surface area (Å²) in [4.78, 5) is 5.12. The van der Waals surface area contributed by atoms with Crippen LogP contribution in [0.5, 0.6) is 0 Å². The van der Waals surface area contributed by atoms with Gasteiger partial charge in [0.25, 0.3) is 0 Å². The molecule has 0 spiro atoms. The normalized spacial score (nSPS) is 21.5. The zero-order valence-corrected chi connectivity index (χ0v) is 35.0. The fourth-order valence-corrected chi connectivity index (χ4v) is 9.35. The Labute approximate surface area is 350 Å². The smallest absolute Gasteiger partial charge is 0.363 e. The van der Waals surface area contributed by atoms with Gasteiger partial charge in [0.05, 0.1) is 42.0 Å². The van der Waals surface area contributed by atoms with Crippen molar-refractivity contribution in [3.63, 3.8) is 0 Å². The number of ether oxygens (including phenoxy) is 1. The number of benzene rings is 4. The van der Waals surface area contributed by atoms with Crippen molar-refractivity contribution in [2.24, 2.45) is 11.8 Å². The number of aromatic nitrogens is 1. The largest absolute Gasteiger partial charge is 0.416 e. The highest BCUT2D eigenvalue weighted by atomic mass is 19.4. The molecule has 3 fully saturated rings. The maximum absolute atomic E-state index is 14.8. The lowest BCUT2D eigenvalue weighted by Crippen LogP contribution is -2.67. The number of nitrogens with zero attached hydrogens (tertiary/aromatic N) is 2. The standard InChI is InChI=1S/C49H50F9N2O/c1-8-30-26-60(25-28-17-39(50)44(52)40(51)18-28)14-13-31(30)21-43(60)45(61-27-29-15-35(48(53,54)55)23-36(16-29)49(56,57)58)38-24-42(59-41-12-10-9-11-37(38)41)32-19-33(46(2,3)4)22-34(20-32)47(5,6)7/h8-12,15-20,22-24,30-31,43,45H,1,13-14,21,25-27H2,2-7H3/q+1/t30-,31?,43+,45-,60?/m0/s1. The van der Waals surface area contributed by atoms with E-state index >= 15 is 0 Å². The molecule has 0 N–H and O–H groups in total. The Balaban J connectivity index is 1.46. The minimum atomic E-state index is -5.07. The van der Waals surface area contributed by atoms with Crippen LogP contribution in [0, 0.1) is 29.3 Å². The first kappa shape index (κ1) is 44.4. The van der Waals surface area contributed by atoms with Crippen molar-refractivity contribution >= 4 is 10.9 Å². The van der Waals surface area contributed by atoms with E-state index in [-0.39, 0.29) is 50.9 Å². The summed E-state index contributed by atoms with van der Waals surface area (Å²) in [5, 5.41) is 0.666. The highest BCUT2D eigenvalue weighted by Crippen LogP contribution is 2.50. The number of quaternary nitrogens is 1. The first-order valence-corrected chi connectivity index (χ1v) is 20.4. The molecule has 3 aliphatic heterocycles. The number of piperidine rings is 3. The predicted octanol–water partition coefficient (Wildman–Crippen LogP) is 13.8. The molecule has 4 heterocycles. The molecule has 0 aliphatic carbocycles. The minimum Gasteiger partial charge on any atom is -0.363 e. The maximum atomic E-state index is 14.8. The van der Waals surface area contributed by atoms with E-state index in [2.05, 4.69) is 66.3 Å². The lowest BCUT2D eigenvalue weighted by atomic mass is 9.71. The Bertz CT molecular complexity index is 2370. The zero-order chi connectivity index (χ0) is 44.4. The summed E-state index contributed by atoms with van der Waals surface area (Å²) < 4.78 is 135. The molecule has 0 amide bonds. The second-order valence-electron chi connectivity index (χ2n) is 19.0. The summed E-state index contributed by atoms with van der Waals surface area (Å²) >= 11 is 0. The third-order valence-electron chi connectivity index (χ3n) is 12.7. The predicted molar refractivity (Wildman–Crippen MR) is 219 cm³/mol. The van der Waals surface area contributed by atoms with Gasteiger partial charge in [0.1, 0.15) is 18.7 Å². The van der Waals surface area contributed by atoms with Crippen LogP contribution in [0.3, 0.4) is 0 Å². The SMILES string of the molecule is C=C[C@H]1C[N+]2(Cc3cc(F)c(F)c(F)c3)CCC1C[C@@H]2[C@@H](OCc1cc(C(F)(F)F)cc(C(F)(F)F)c1)c1cc(-c2cc(C(C)(C)C)cc(C(C)(C)C)c2)nc2ccccc12. The quantitative estimate of drug-likeness (QED) is 0.0638. The van der Waals surface area contributed by atoms with Crippen LogP contribution in [-0.2, 0) is 41.1 Å². The summed E-state index contributed by atoms with van der Waals surface area (Å²) in [6, 6.07) is 18.4. The Morgan fingerprint density at radius 1 is 0.754 bits per heavy atom. The molecule has 5 aromatic rings. The van der Waals surface area contributed by atoms with Gasteiger partial charge in [-0.15, -0.1) is 6.58 Å². The van der Waals surface area contributed by atoms with Crippen molar-refractivity contribution in [1.29, 1.82) is 0 Å². The topological polar surface area (TPSA) is 22.1 Å². The average molecular weight is 854 g/mol. The van der Waals surface area contributed by atoms with Crippen LogP contribution in [0.1, 0.15) is 99.4 Å². The molecule has 8 rings (SSSR count). The molecule has 0 saturated carbocycles. The number of fused-ring (bicyclic) bond motifs is 4. The van der Waals surface area contributed by atoms with Crippen molar-refractivity contribution in [3.8, 4) is 11.3 Å². The lowest BCUT2D eigenvalue weighted by molar-refractivity contribution is -0.985. The van der Waals surface area contributed by atoms with Crippen LogP contribution < -0.4 is 0 Å². The molecule has 61 heavy (non-hydrogen) atoms. The summed E-state index contributed by atoms with van der Waals surface area (Å²) in [6.45, 7) is 17.2. The van der Waals surface area contributed by atoms with Crippen molar-refractivity contribution in [3.05, 3.63) is 148 Å². The lowest BCUT2D eigenvalue weighted by Gasteiger charge is -2.58. The van der Waals surface area contributed by atoms with Gasteiger partial charge in [0.2, 0.25) is 0 Å². The summed E-state index contributed by atoms with van der Waals surface area (Å²) in [5.74, 6) is -4.20. The highest BCUT2D eigenvalue weighted by Gasteiger charge is 2.55. The number of pyridine rings is 1. The number of halogens is 9. The van der Waals surface area contributed by atoms with E-state index in [0.717, 1.165) is 28.8 Å². The van der Waals surface area contributed by atoms with Gasteiger partial charge in [-0.2, -0.15) is 26.3 Å². The molecule has 2 unspecified atom stereocenters. The molecule has 3 aliphatic rings. The first-order chi connectivity index (χ1) is 28.4. The molecule has 4 aromatic carbocycles. The van der Waals surface area contributed by atoms with E-state index in [1.165, 1.54) is 0 Å². The molecule has 5 atom stereocenters. The molecule has 12 heteroatoms. The highest BCUT2D eigenvalue weighted by molar-refractivity contribution is 5.86. The summed E-state index contributed by atoms with van der Waals surface area (Å²) in [7, 11) is 0. The van der Waals surface area contributed by atoms with Gasteiger partial charge >= 0.3 is 12.4 Å². The molecular formula is C49H50F9N2O+. The van der Waals surface area contributed by atoms with Gasteiger partial charge < -0.3 is 9.22 Å². The van der Waals surface area contributed by atoms with Crippen molar-refractivity contribution in [2.75, 3.05) is 13.1 Å². The Morgan fingerprint density at radius 2 is 1.33 bits per heavy atom. The van der Waals surface area contributed by atoms with E-state index in [9.17, 15) is 39.5 Å². The van der Waals surface area contributed by atoms with Gasteiger partial charge in [-0.1, -0.05) is 71.9 Å². The Kier molecular flexibility index (Phi) is 11.6. The van der Waals surface area contributed by atoms with Crippen LogP contribution in [0.25, 0.3) is 22.2 Å². The number of alkyl halides is 6. The third kappa shape index (κ3) is 9.12. The van der Waals surface area contributed by atoms with Crippen LogP contribution >= 0.6 is 0 Å². The van der Waals surface area contributed by atoms with Crippen LogP contribution in [0.15, 0.2) is 91.5 Å². The molecule has 2 bridgehead atoms. The number of hydrogen-bond donors (Lipinski definition) is 0. The Hall–Kier alpha value is -4.68. The van der Waals surface area contributed by atoms with E-state index in [4.69, 9.17) is 9.72 Å². The Morgan fingerprint density at radius 3 is 1.89 bits per heavy atom. The molecule has 3 nitrogen and oxygen atoms in total. The fourth-order valence-electron chi connectivity index (χ4n) is 9.35. The van der Waals surface area contributed by atoms with E-state index in [1.807, 2.05) is 36.4 Å². The number of rotatable bonds is 9. The molecular weight excluding hydrogens is 804 g/mol. The van der Waals surface area contributed by atoms with Crippen LogP contribution in [0.2, 0.25) is 0 Å². The van der Waals surface area contributed by atoms with E-state index < -0.39 is 59.7 Å². The minimum absolute atomic E-state index is 0.0145. The first-order valence-electron chi connectivity index (χ1n) is 20.4. The molecule has 324 valence electrons. The van der Waals surface area contributed by atoms with Gasteiger partial charge in [-0.25, -0.2) is 18.2 Å². The van der Waals surface area contributed by atoms with Gasteiger partial charge in [-0.05, 0) is 93.6 Å². The monoisotopic (exact) mass is 853 g/mol. The second kappa shape index (κ2) is 15.9. The summed E-state index contributed by atoms with van der Waals surface area (Å²) in [5.41, 5.74) is 1.22. The van der Waals surface area contributed by atoms with E-state index in [0.29, 0.717) is 60.2 Å². The zero-order valence-electron chi connectivity index (χ0n) is 35.0. The molecule has 0 radical (unpaired) electrons. The molecule has 3 saturated heterocycles. The van der Waals surface area contributed by atoms with Gasteiger partial charge in [0, 0.05) is 35.3 Å². The average Bonchev–Trinajstić information content (AvgIpc) is 3.18. The maximum Gasteiger partial charge on any atom is 0.416 e. The number of para-hydroxylation sites is 1. The van der Waals surface area contributed by atoms with Crippen molar-refractivity contribution in [1.82, 2.24) is 4.98 Å². The molecule has 1 aromatic heterocycles. The fraction of sp³-hybridized carbons (Fsp3) is 0.408. The summed E-state index contributed by atoms with van der Waals surface area (Å²) in [6.07, 6.45) is -8.06. The van der Waals surface area contributed by atoms with E-state index in [1.54, 1.807) is 0 Å². The van der Waals surface area contributed by atoms with Crippen LogP contribution in [-0.4, -0.2) is 28.6 Å².